The highest BCUT2D eigenvalue weighted by Crippen LogP contribution is 2.39. The fourth-order valence-electron chi connectivity index (χ4n) is 3.84. The van der Waals surface area contributed by atoms with Gasteiger partial charge in [-0.15, -0.1) is 11.8 Å². The third-order valence-corrected chi connectivity index (χ3v) is 9.29. The number of nitrogens with zero attached hydrogens (tertiary/aromatic N) is 2. The summed E-state index contributed by atoms with van der Waals surface area (Å²) in [4.78, 5) is 27.1. The summed E-state index contributed by atoms with van der Waals surface area (Å²) in [5, 5.41) is 3.34. The molecule has 0 bridgehead atoms. The maximum atomic E-state index is 12.6. The van der Waals surface area contributed by atoms with Gasteiger partial charge in [0, 0.05) is 31.2 Å². The van der Waals surface area contributed by atoms with E-state index in [1.165, 1.54) is 26.2 Å². The van der Waals surface area contributed by atoms with Gasteiger partial charge >= 0.3 is 0 Å². The van der Waals surface area contributed by atoms with Crippen molar-refractivity contribution in [1.29, 1.82) is 0 Å². The Labute approximate surface area is 232 Å². The molecular weight excluding hydrogens is 546 g/mol. The van der Waals surface area contributed by atoms with E-state index in [2.05, 4.69) is 5.32 Å². The molecule has 200 valence electrons. The lowest BCUT2D eigenvalue weighted by Gasteiger charge is -2.24. The Bertz CT molecular complexity index is 1380. The quantitative estimate of drug-likeness (QED) is 0.366. The van der Waals surface area contributed by atoms with E-state index < -0.39 is 10.0 Å². The molecular formula is C27H28ClN3O5S2. The zero-order valence-corrected chi connectivity index (χ0v) is 23.4. The number of carbonyl (C=O) groups excluding carboxylic acids is 2. The Kier molecular flexibility index (Phi) is 8.99. The lowest BCUT2D eigenvalue weighted by atomic mass is 10.1. The second kappa shape index (κ2) is 12.2. The van der Waals surface area contributed by atoms with Crippen molar-refractivity contribution in [2.24, 2.45) is 0 Å². The van der Waals surface area contributed by atoms with Crippen LogP contribution in [0.1, 0.15) is 26.9 Å². The van der Waals surface area contributed by atoms with Crippen LogP contribution < -0.4 is 10.1 Å². The highest BCUT2D eigenvalue weighted by Gasteiger charge is 2.32. The van der Waals surface area contributed by atoms with Gasteiger partial charge in [0.15, 0.2) is 0 Å². The van der Waals surface area contributed by atoms with E-state index in [1.807, 2.05) is 41.3 Å². The summed E-state index contributed by atoms with van der Waals surface area (Å²) in [6, 6.07) is 20.8. The molecule has 1 heterocycles. The summed E-state index contributed by atoms with van der Waals surface area (Å²) < 4.78 is 31.0. The van der Waals surface area contributed by atoms with E-state index in [9.17, 15) is 18.0 Å². The fourth-order valence-corrected chi connectivity index (χ4v) is 6.06. The third-order valence-electron chi connectivity index (χ3n) is 5.95. The van der Waals surface area contributed by atoms with Crippen LogP contribution in [-0.2, 0) is 21.4 Å². The molecule has 1 saturated heterocycles. The average molecular weight is 574 g/mol. The van der Waals surface area contributed by atoms with Gasteiger partial charge in [0.1, 0.15) is 17.7 Å². The van der Waals surface area contributed by atoms with Gasteiger partial charge in [0.25, 0.3) is 5.91 Å². The molecule has 1 atom stereocenters. The van der Waals surface area contributed by atoms with Gasteiger partial charge in [0.2, 0.25) is 15.9 Å². The molecule has 38 heavy (non-hydrogen) atoms. The van der Waals surface area contributed by atoms with Crippen molar-refractivity contribution in [1.82, 2.24) is 14.5 Å². The smallest absolute Gasteiger partial charge is 0.251 e. The Morgan fingerprint density at radius 1 is 1.05 bits per heavy atom. The van der Waals surface area contributed by atoms with Crippen LogP contribution in [0, 0.1) is 0 Å². The van der Waals surface area contributed by atoms with E-state index in [-0.39, 0.29) is 35.2 Å². The van der Waals surface area contributed by atoms with Gasteiger partial charge in [-0.05, 0) is 59.7 Å². The molecule has 1 fully saturated rings. The Morgan fingerprint density at radius 2 is 1.71 bits per heavy atom. The largest absolute Gasteiger partial charge is 0.492 e. The standard InChI is InChI=1S/C27H28ClN3O5S2/c1-30(2)38(34,35)24-13-11-23(12-14-24)36-16-15-29-26(33)20-5-7-21(8-6-20)27-31(25(32)18-37-27)17-19-3-9-22(28)10-4-19/h3-14,27H,15-18H2,1-2H3,(H,29,33). The minimum atomic E-state index is -3.50. The molecule has 2 amide bonds. The van der Waals surface area contributed by atoms with Crippen molar-refractivity contribution < 1.29 is 22.7 Å². The number of halogens is 1. The van der Waals surface area contributed by atoms with E-state index in [4.69, 9.17) is 16.3 Å². The summed E-state index contributed by atoms with van der Waals surface area (Å²) in [7, 11) is -0.546. The summed E-state index contributed by atoms with van der Waals surface area (Å²) in [5.41, 5.74) is 2.46. The topological polar surface area (TPSA) is 96.0 Å². The van der Waals surface area contributed by atoms with Crippen LogP contribution in [0.4, 0.5) is 0 Å². The lowest BCUT2D eigenvalue weighted by Crippen LogP contribution is -2.28. The number of benzene rings is 3. The van der Waals surface area contributed by atoms with Crippen LogP contribution in [0.5, 0.6) is 5.75 Å². The Balaban J connectivity index is 1.28. The maximum Gasteiger partial charge on any atom is 0.251 e. The van der Waals surface area contributed by atoms with Crippen molar-refractivity contribution >= 4 is 45.2 Å². The minimum absolute atomic E-state index is 0.0748. The van der Waals surface area contributed by atoms with Crippen LogP contribution >= 0.6 is 23.4 Å². The first kappa shape index (κ1) is 28.0. The van der Waals surface area contributed by atoms with Crippen LogP contribution in [0.25, 0.3) is 0 Å². The number of carbonyl (C=O) groups is 2. The second-order valence-corrected chi connectivity index (χ2v) is 12.5. The summed E-state index contributed by atoms with van der Waals surface area (Å²) in [6.07, 6.45) is 0. The van der Waals surface area contributed by atoms with Gasteiger partial charge in [-0.1, -0.05) is 35.9 Å². The van der Waals surface area contributed by atoms with Crippen molar-refractivity contribution in [3.63, 3.8) is 0 Å². The molecule has 1 aliphatic heterocycles. The molecule has 11 heteroatoms. The average Bonchev–Trinajstić information content (AvgIpc) is 3.27. The summed E-state index contributed by atoms with van der Waals surface area (Å²) >= 11 is 7.54. The lowest BCUT2D eigenvalue weighted by molar-refractivity contribution is -0.128. The first-order valence-electron chi connectivity index (χ1n) is 11.8. The summed E-state index contributed by atoms with van der Waals surface area (Å²) in [6.45, 7) is 0.994. The molecule has 0 aromatic heterocycles. The molecule has 0 spiro atoms. The number of sulfonamides is 1. The first-order valence-corrected chi connectivity index (χ1v) is 14.7. The molecule has 1 unspecified atom stereocenters. The van der Waals surface area contributed by atoms with E-state index in [0.29, 0.717) is 28.6 Å². The van der Waals surface area contributed by atoms with Gasteiger partial charge in [0.05, 0.1) is 17.2 Å². The van der Waals surface area contributed by atoms with Crippen LogP contribution in [0.15, 0.2) is 77.7 Å². The van der Waals surface area contributed by atoms with E-state index in [1.54, 1.807) is 36.0 Å². The molecule has 3 aromatic rings. The molecule has 0 saturated carbocycles. The highest BCUT2D eigenvalue weighted by atomic mass is 35.5. The fraction of sp³-hybridized carbons (Fsp3) is 0.259. The molecule has 0 aliphatic carbocycles. The molecule has 1 N–H and O–H groups in total. The van der Waals surface area contributed by atoms with Gasteiger partial charge in [-0.3, -0.25) is 9.59 Å². The van der Waals surface area contributed by atoms with E-state index >= 15 is 0 Å². The van der Waals surface area contributed by atoms with Gasteiger partial charge in [-0.25, -0.2) is 12.7 Å². The Hall–Kier alpha value is -3.05. The van der Waals surface area contributed by atoms with Crippen molar-refractivity contribution in [3.8, 4) is 5.75 Å². The maximum absolute atomic E-state index is 12.6. The summed E-state index contributed by atoms with van der Waals surface area (Å²) in [5.74, 6) is 0.758. The number of amides is 2. The predicted octanol–water partition coefficient (Wildman–Crippen LogP) is 4.17. The van der Waals surface area contributed by atoms with Crippen LogP contribution in [0.3, 0.4) is 0 Å². The molecule has 1 aliphatic rings. The second-order valence-electron chi connectivity index (χ2n) is 8.80. The SMILES string of the molecule is CN(C)S(=O)(=O)c1ccc(OCCNC(=O)c2ccc(C3SCC(=O)N3Cc3ccc(Cl)cc3)cc2)cc1. The van der Waals surface area contributed by atoms with Crippen LogP contribution in [0.2, 0.25) is 5.02 Å². The number of rotatable bonds is 10. The number of hydrogen-bond donors (Lipinski definition) is 1. The Morgan fingerprint density at radius 3 is 2.34 bits per heavy atom. The highest BCUT2D eigenvalue weighted by molar-refractivity contribution is 8.00. The molecule has 8 nitrogen and oxygen atoms in total. The van der Waals surface area contributed by atoms with Crippen molar-refractivity contribution in [2.45, 2.75) is 16.8 Å². The number of thioether (sulfide) groups is 1. The predicted molar refractivity (Wildman–Crippen MR) is 149 cm³/mol. The van der Waals surface area contributed by atoms with Crippen LogP contribution in [-0.4, -0.2) is 62.4 Å². The number of ether oxygens (including phenoxy) is 1. The minimum Gasteiger partial charge on any atom is -0.492 e. The zero-order chi connectivity index (χ0) is 27.3. The molecule has 4 rings (SSSR count). The molecule has 0 radical (unpaired) electrons. The molecule has 3 aromatic carbocycles. The monoisotopic (exact) mass is 573 g/mol. The van der Waals surface area contributed by atoms with Gasteiger partial charge in [-0.2, -0.15) is 0 Å². The van der Waals surface area contributed by atoms with Crippen molar-refractivity contribution in [3.05, 3.63) is 94.5 Å². The van der Waals surface area contributed by atoms with E-state index in [0.717, 1.165) is 15.4 Å². The number of hydrogen-bond acceptors (Lipinski definition) is 6. The number of nitrogens with one attached hydrogen (secondary N) is 1. The first-order chi connectivity index (χ1) is 18.1. The van der Waals surface area contributed by atoms with Crippen molar-refractivity contribution in [2.75, 3.05) is 33.0 Å². The van der Waals surface area contributed by atoms with Gasteiger partial charge < -0.3 is 15.0 Å². The zero-order valence-electron chi connectivity index (χ0n) is 21.0. The third kappa shape index (κ3) is 6.68. The normalized spacial score (nSPS) is 15.6.